The zero-order chi connectivity index (χ0) is 29.7. The monoisotopic (exact) mass is 623 g/mol. The molecule has 1 N–H and O–H groups in total. The molecule has 214 valence electrons. The highest BCUT2D eigenvalue weighted by atomic mass is 35.5. The second kappa shape index (κ2) is 13.3. The fourth-order valence-corrected chi connectivity index (χ4v) is 6.30. The summed E-state index contributed by atoms with van der Waals surface area (Å²) in [5, 5.41) is 3.81. The second-order valence-electron chi connectivity index (χ2n) is 10.2. The standard InChI is InChI=1S/C29H32Cl3N3O4S/c1-5-25(28(37)33-29(2,3)4)34(18-20-15-16-21(30)17-24(20)32)27(36)19-35(26-14-10-9-13-23(26)31)40(38,39)22-11-7-6-8-12-22/h6-17,25H,5,18-19H2,1-4H3,(H,33,37)/t25-/m0/s1. The summed E-state index contributed by atoms with van der Waals surface area (Å²) in [4.78, 5) is 28.8. The van der Waals surface area contributed by atoms with Crippen LogP contribution in [-0.4, -0.2) is 43.3 Å². The van der Waals surface area contributed by atoms with Crippen molar-refractivity contribution < 1.29 is 18.0 Å². The fraction of sp³-hybridized carbons (Fsp3) is 0.310. The lowest BCUT2D eigenvalue weighted by atomic mass is 10.1. The summed E-state index contributed by atoms with van der Waals surface area (Å²) >= 11 is 18.9. The van der Waals surface area contributed by atoms with Crippen LogP contribution < -0.4 is 9.62 Å². The molecule has 0 fully saturated rings. The Labute approximate surface area is 251 Å². The molecular weight excluding hydrogens is 593 g/mol. The van der Waals surface area contributed by atoms with Crippen LogP contribution in [0, 0.1) is 0 Å². The zero-order valence-electron chi connectivity index (χ0n) is 22.7. The molecule has 0 saturated carbocycles. The van der Waals surface area contributed by atoms with Crippen LogP contribution in [-0.2, 0) is 26.2 Å². The van der Waals surface area contributed by atoms with E-state index in [1.807, 2.05) is 20.8 Å². The van der Waals surface area contributed by atoms with E-state index < -0.39 is 34.1 Å². The van der Waals surface area contributed by atoms with Gasteiger partial charge in [-0.2, -0.15) is 0 Å². The fourth-order valence-electron chi connectivity index (χ4n) is 4.09. The Kier molecular flexibility index (Phi) is 10.5. The number of anilines is 1. The van der Waals surface area contributed by atoms with Crippen LogP contribution in [0.1, 0.15) is 39.7 Å². The minimum absolute atomic E-state index is 0.00691. The van der Waals surface area contributed by atoms with E-state index in [1.54, 1.807) is 61.5 Å². The molecule has 3 aromatic carbocycles. The first-order valence-electron chi connectivity index (χ1n) is 12.6. The highest BCUT2D eigenvalue weighted by Crippen LogP contribution is 2.31. The van der Waals surface area contributed by atoms with E-state index in [2.05, 4.69) is 5.32 Å². The molecule has 0 aliphatic rings. The van der Waals surface area contributed by atoms with Crippen molar-refractivity contribution in [3.8, 4) is 0 Å². The number of nitrogens with zero attached hydrogens (tertiary/aromatic N) is 2. The topological polar surface area (TPSA) is 86.8 Å². The lowest BCUT2D eigenvalue weighted by Gasteiger charge is -2.35. The molecule has 0 aromatic heterocycles. The third-order valence-electron chi connectivity index (χ3n) is 5.97. The molecule has 7 nitrogen and oxygen atoms in total. The third kappa shape index (κ3) is 7.91. The molecule has 0 bridgehead atoms. The SMILES string of the molecule is CC[C@@H](C(=O)NC(C)(C)C)N(Cc1ccc(Cl)cc1Cl)C(=O)CN(c1ccccc1Cl)S(=O)(=O)c1ccccc1. The Morgan fingerprint density at radius 2 is 1.52 bits per heavy atom. The first kappa shape index (κ1) is 31.7. The predicted octanol–water partition coefficient (Wildman–Crippen LogP) is 6.56. The third-order valence-corrected chi connectivity index (χ3v) is 8.65. The van der Waals surface area contributed by atoms with Crippen molar-refractivity contribution in [3.05, 3.63) is 93.4 Å². The number of sulfonamides is 1. The molecule has 0 heterocycles. The molecular formula is C29H32Cl3N3O4S. The Hall–Kier alpha value is -2.78. The molecule has 0 aliphatic heterocycles. The van der Waals surface area contributed by atoms with Gasteiger partial charge in [0.2, 0.25) is 11.8 Å². The summed E-state index contributed by atoms with van der Waals surface area (Å²) in [5.41, 5.74) is 0.131. The molecule has 0 aliphatic carbocycles. The number of nitrogens with one attached hydrogen (secondary N) is 1. The maximum Gasteiger partial charge on any atom is 0.264 e. The summed E-state index contributed by atoms with van der Waals surface area (Å²) in [6.07, 6.45) is 0.274. The van der Waals surface area contributed by atoms with Crippen molar-refractivity contribution in [2.45, 2.75) is 57.1 Å². The first-order valence-corrected chi connectivity index (χ1v) is 15.2. The van der Waals surface area contributed by atoms with Gasteiger partial charge in [0.1, 0.15) is 12.6 Å². The minimum Gasteiger partial charge on any atom is -0.350 e. The molecule has 0 radical (unpaired) electrons. The maximum atomic E-state index is 14.1. The van der Waals surface area contributed by atoms with E-state index in [0.717, 1.165) is 4.31 Å². The van der Waals surface area contributed by atoms with Gasteiger partial charge in [-0.25, -0.2) is 8.42 Å². The molecule has 3 aromatic rings. The van der Waals surface area contributed by atoms with Gasteiger partial charge >= 0.3 is 0 Å². The smallest absolute Gasteiger partial charge is 0.264 e. The number of rotatable bonds is 10. The van der Waals surface area contributed by atoms with Crippen LogP contribution in [0.5, 0.6) is 0 Å². The van der Waals surface area contributed by atoms with Crippen LogP contribution in [0.25, 0.3) is 0 Å². The highest BCUT2D eigenvalue weighted by molar-refractivity contribution is 7.92. The molecule has 0 unspecified atom stereocenters. The number of hydrogen-bond donors (Lipinski definition) is 1. The Balaban J connectivity index is 2.10. The van der Waals surface area contributed by atoms with Gasteiger partial charge in [0.15, 0.2) is 0 Å². The number of carbonyl (C=O) groups excluding carboxylic acids is 2. The molecule has 1 atom stereocenters. The number of amides is 2. The van der Waals surface area contributed by atoms with Crippen molar-refractivity contribution in [1.82, 2.24) is 10.2 Å². The molecule has 0 spiro atoms. The summed E-state index contributed by atoms with van der Waals surface area (Å²) in [7, 11) is -4.22. The number of benzene rings is 3. The van der Waals surface area contributed by atoms with Crippen LogP contribution in [0.3, 0.4) is 0 Å². The summed E-state index contributed by atoms with van der Waals surface area (Å²) in [5.74, 6) is -0.981. The van der Waals surface area contributed by atoms with E-state index in [1.165, 1.54) is 23.1 Å². The summed E-state index contributed by atoms with van der Waals surface area (Å²) in [6, 6.07) is 18.1. The van der Waals surface area contributed by atoms with Gasteiger partial charge < -0.3 is 10.2 Å². The maximum absolute atomic E-state index is 14.1. The summed E-state index contributed by atoms with van der Waals surface area (Å²) in [6.45, 7) is 6.64. The lowest BCUT2D eigenvalue weighted by molar-refractivity contribution is -0.141. The van der Waals surface area contributed by atoms with Crippen molar-refractivity contribution in [1.29, 1.82) is 0 Å². The molecule has 3 rings (SSSR count). The number of carbonyl (C=O) groups is 2. The molecule has 2 amide bonds. The van der Waals surface area contributed by atoms with Crippen LogP contribution in [0.2, 0.25) is 15.1 Å². The van der Waals surface area contributed by atoms with Gasteiger partial charge in [0.05, 0.1) is 15.6 Å². The lowest BCUT2D eigenvalue weighted by Crippen LogP contribution is -2.55. The van der Waals surface area contributed by atoms with E-state index in [-0.39, 0.29) is 34.5 Å². The minimum atomic E-state index is -4.22. The molecule has 11 heteroatoms. The van der Waals surface area contributed by atoms with Gasteiger partial charge in [-0.15, -0.1) is 0 Å². The van der Waals surface area contributed by atoms with Gasteiger partial charge in [-0.3, -0.25) is 13.9 Å². The number of para-hydroxylation sites is 1. The number of hydrogen-bond acceptors (Lipinski definition) is 4. The van der Waals surface area contributed by atoms with Crippen molar-refractivity contribution in [2.24, 2.45) is 0 Å². The van der Waals surface area contributed by atoms with E-state index >= 15 is 0 Å². The van der Waals surface area contributed by atoms with Crippen molar-refractivity contribution in [2.75, 3.05) is 10.8 Å². The zero-order valence-corrected chi connectivity index (χ0v) is 25.8. The summed E-state index contributed by atoms with van der Waals surface area (Å²) < 4.78 is 28.6. The van der Waals surface area contributed by atoms with Gasteiger partial charge in [-0.1, -0.05) is 78.1 Å². The van der Waals surface area contributed by atoms with E-state index in [0.29, 0.717) is 15.6 Å². The van der Waals surface area contributed by atoms with Crippen LogP contribution in [0.15, 0.2) is 77.7 Å². The quantitative estimate of drug-likeness (QED) is 0.277. The molecule has 0 saturated heterocycles. The normalized spacial score (nSPS) is 12.5. The average molecular weight is 625 g/mol. The van der Waals surface area contributed by atoms with Crippen LogP contribution in [0.4, 0.5) is 5.69 Å². The Morgan fingerprint density at radius 3 is 2.10 bits per heavy atom. The van der Waals surface area contributed by atoms with Crippen LogP contribution >= 0.6 is 34.8 Å². The predicted molar refractivity (Wildman–Crippen MR) is 161 cm³/mol. The average Bonchev–Trinajstić information content (AvgIpc) is 2.88. The van der Waals surface area contributed by atoms with Crippen molar-refractivity contribution in [3.63, 3.8) is 0 Å². The van der Waals surface area contributed by atoms with Gasteiger partial charge in [0, 0.05) is 22.1 Å². The van der Waals surface area contributed by atoms with Gasteiger partial charge in [-0.05, 0) is 69.2 Å². The van der Waals surface area contributed by atoms with Gasteiger partial charge in [0.25, 0.3) is 10.0 Å². The second-order valence-corrected chi connectivity index (χ2v) is 13.3. The first-order chi connectivity index (χ1) is 18.7. The highest BCUT2D eigenvalue weighted by Gasteiger charge is 2.35. The van der Waals surface area contributed by atoms with E-state index in [9.17, 15) is 18.0 Å². The van der Waals surface area contributed by atoms with Crippen molar-refractivity contribution >= 4 is 62.3 Å². The number of halogens is 3. The van der Waals surface area contributed by atoms with E-state index in [4.69, 9.17) is 34.8 Å². The Bertz CT molecular complexity index is 1460. The largest absolute Gasteiger partial charge is 0.350 e. The molecule has 40 heavy (non-hydrogen) atoms. The Morgan fingerprint density at radius 1 is 0.900 bits per heavy atom.